The minimum absolute atomic E-state index is 0.670. The number of nitrogens with one attached hydrogen (secondary N) is 1. The summed E-state index contributed by atoms with van der Waals surface area (Å²) in [7, 11) is 0. The molecule has 2 atom stereocenters. The third-order valence-corrected chi connectivity index (χ3v) is 3.70. The maximum Gasteiger partial charge on any atom is 0.120 e. The van der Waals surface area contributed by atoms with Crippen molar-refractivity contribution in [3.63, 3.8) is 0 Å². The van der Waals surface area contributed by atoms with E-state index in [1.54, 1.807) is 6.26 Å². The van der Waals surface area contributed by atoms with Crippen molar-refractivity contribution in [2.24, 2.45) is 11.8 Å². The molecule has 0 aliphatic heterocycles. The zero-order chi connectivity index (χ0) is 11.5. The molecule has 1 aromatic rings. The van der Waals surface area contributed by atoms with Gasteiger partial charge in [0.2, 0.25) is 0 Å². The van der Waals surface area contributed by atoms with Crippen LogP contribution in [0.3, 0.4) is 0 Å². The number of hydrogen-bond acceptors (Lipinski definition) is 2. The first-order valence-corrected chi connectivity index (χ1v) is 6.41. The van der Waals surface area contributed by atoms with Crippen LogP contribution in [0, 0.1) is 18.8 Å². The molecule has 0 saturated heterocycles. The molecule has 1 aromatic heterocycles. The van der Waals surface area contributed by atoms with Crippen LogP contribution in [-0.4, -0.2) is 6.04 Å². The Kier molecular flexibility index (Phi) is 3.70. The first-order chi connectivity index (χ1) is 7.65. The summed E-state index contributed by atoms with van der Waals surface area (Å²) in [6, 6.07) is 2.70. The molecule has 0 amide bonds. The Balaban J connectivity index is 1.84. The lowest BCUT2D eigenvalue weighted by atomic mass is 9.80. The number of hydrogen-bond donors (Lipinski definition) is 1. The third kappa shape index (κ3) is 2.88. The van der Waals surface area contributed by atoms with Crippen molar-refractivity contribution in [3.05, 3.63) is 23.7 Å². The van der Waals surface area contributed by atoms with Gasteiger partial charge in [0.15, 0.2) is 0 Å². The summed E-state index contributed by atoms with van der Waals surface area (Å²) >= 11 is 0. The Labute approximate surface area is 98.4 Å². The standard InChI is InChI=1S/C14H23NO/c1-10-6-11(2)8-13(7-10)15-9-14-12(3)4-5-16-14/h4-5,10-11,13,15H,6-9H2,1-3H3. The monoisotopic (exact) mass is 221 g/mol. The lowest BCUT2D eigenvalue weighted by Crippen LogP contribution is -2.35. The number of rotatable bonds is 3. The topological polar surface area (TPSA) is 25.2 Å². The van der Waals surface area contributed by atoms with Gasteiger partial charge in [-0.1, -0.05) is 13.8 Å². The third-order valence-electron chi connectivity index (χ3n) is 3.70. The number of furan rings is 1. The molecule has 1 aliphatic carbocycles. The number of aryl methyl sites for hydroxylation is 1. The molecule has 0 bridgehead atoms. The summed E-state index contributed by atoms with van der Waals surface area (Å²) in [5.74, 6) is 2.81. The molecule has 0 radical (unpaired) electrons. The maximum absolute atomic E-state index is 5.45. The van der Waals surface area contributed by atoms with E-state index in [1.165, 1.54) is 24.8 Å². The minimum atomic E-state index is 0.670. The van der Waals surface area contributed by atoms with E-state index < -0.39 is 0 Å². The largest absolute Gasteiger partial charge is 0.468 e. The molecule has 1 fully saturated rings. The van der Waals surface area contributed by atoms with Crippen molar-refractivity contribution in [1.82, 2.24) is 5.32 Å². The van der Waals surface area contributed by atoms with Crippen LogP contribution in [0.15, 0.2) is 16.7 Å². The van der Waals surface area contributed by atoms with Gasteiger partial charge >= 0.3 is 0 Å². The molecule has 0 aromatic carbocycles. The summed E-state index contributed by atoms with van der Waals surface area (Å²) in [6.07, 6.45) is 5.78. The second-order valence-corrected chi connectivity index (χ2v) is 5.52. The van der Waals surface area contributed by atoms with Crippen molar-refractivity contribution in [2.75, 3.05) is 0 Å². The summed E-state index contributed by atoms with van der Waals surface area (Å²) in [5.41, 5.74) is 1.25. The second kappa shape index (κ2) is 5.05. The van der Waals surface area contributed by atoms with Crippen molar-refractivity contribution < 1.29 is 4.42 Å². The molecule has 90 valence electrons. The van der Waals surface area contributed by atoms with E-state index in [1.807, 2.05) is 6.07 Å². The molecular formula is C14H23NO. The Bertz CT molecular complexity index is 321. The van der Waals surface area contributed by atoms with Crippen molar-refractivity contribution in [3.8, 4) is 0 Å². The smallest absolute Gasteiger partial charge is 0.120 e. The molecule has 2 nitrogen and oxygen atoms in total. The average molecular weight is 221 g/mol. The fourth-order valence-electron chi connectivity index (χ4n) is 2.94. The van der Waals surface area contributed by atoms with Gasteiger partial charge in [-0.3, -0.25) is 0 Å². The zero-order valence-corrected chi connectivity index (χ0v) is 10.6. The minimum Gasteiger partial charge on any atom is -0.468 e. The van der Waals surface area contributed by atoms with Gasteiger partial charge in [-0.25, -0.2) is 0 Å². The van der Waals surface area contributed by atoms with Gasteiger partial charge in [0.25, 0.3) is 0 Å². The Morgan fingerprint density at radius 1 is 1.25 bits per heavy atom. The highest BCUT2D eigenvalue weighted by Gasteiger charge is 2.23. The summed E-state index contributed by atoms with van der Waals surface area (Å²) < 4.78 is 5.45. The van der Waals surface area contributed by atoms with Crippen LogP contribution in [0.2, 0.25) is 0 Å². The zero-order valence-electron chi connectivity index (χ0n) is 10.6. The van der Waals surface area contributed by atoms with Crippen LogP contribution < -0.4 is 5.32 Å². The lowest BCUT2D eigenvalue weighted by Gasteiger charge is -2.32. The predicted octanol–water partition coefficient (Wildman–Crippen LogP) is 3.50. The molecule has 2 rings (SSSR count). The van der Waals surface area contributed by atoms with Crippen LogP contribution in [0.5, 0.6) is 0 Å². The van der Waals surface area contributed by atoms with Crippen LogP contribution in [0.1, 0.15) is 44.4 Å². The Morgan fingerprint density at radius 2 is 1.94 bits per heavy atom. The van der Waals surface area contributed by atoms with Crippen LogP contribution >= 0.6 is 0 Å². The molecular weight excluding hydrogens is 198 g/mol. The van der Waals surface area contributed by atoms with E-state index >= 15 is 0 Å². The van der Waals surface area contributed by atoms with Gasteiger partial charge in [-0.05, 0) is 49.7 Å². The van der Waals surface area contributed by atoms with E-state index in [4.69, 9.17) is 4.42 Å². The Morgan fingerprint density at radius 3 is 2.50 bits per heavy atom. The lowest BCUT2D eigenvalue weighted by molar-refractivity contribution is 0.234. The summed E-state index contributed by atoms with van der Waals surface area (Å²) in [5, 5.41) is 3.63. The second-order valence-electron chi connectivity index (χ2n) is 5.52. The van der Waals surface area contributed by atoms with E-state index in [-0.39, 0.29) is 0 Å². The maximum atomic E-state index is 5.45. The van der Waals surface area contributed by atoms with Crippen molar-refractivity contribution in [2.45, 2.75) is 52.6 Å². The van der Waals surface area contributed by atoms with Crippen LogP contribution in [0.25, 0.3) is 0 Å². The van der Waals surface area contributed by atoms with Crippen LogP contribution in [0.4, 0.5) is 0 Å². The van der Waals surface area contributed by atoms with Gasteiger partial charge in [-0.15, -0.1) is 0 Å². The highest BCUT2D eigenvalue weighted by atomic mass is 16.3. The molecule has 1 aliphatic rings. The molecule has 0 spiro atoms. The summed E-state index contributed by atoms with van der Waals surface area (Å²) in [4.78, 5) is 0. The van der Waals surface area contributed by atoms with E-state index in [2.05, 4.69) is 26.1 Å². The summed E-state index contributed by atoms with van der Waals surface area (Å²) in [6.45, 7) is 7.71. The van der Waals surface area contributed by atoms with Gasteiger partial charge in [0, 0.05) is 6.04 Å². The quantitative estimate of drug-likeness (QED) is 0.845. The fourth-order valence-corrected chi connectivity index (χ4v) is 2.94. The molecule has 1 N–H and O–H groups in total. The normalized spacial score (nSPS) is 30.6. The van der Waals surface area contributed by atoms with E-state index in [0.29, 0.717) is 6.04 Å². The predicted molar refractivity (Wildman–Crippen MR) is 66.3 cm³/mol. The average Bonchev–Trinajstić information content (AvgIpc) is 2.59. The van der Waals surface area contributed by atoms with E-state index in [0.717, 1.165) is 24.1 Å². The fraction of sp³-hybridized carbons (Fsp3) is 0.714. The Hall–Kier alpha value is -0.760. The SMILES string of the molecule is Cc1ccoc1CNC1CC(C)CC(C)C1. The van der Waals surface area contributed by atoms with Crippen LogP contribution in [-0.2, 0) is 6.54 Å². The highest BCUT2D eigenvalue weighted by molar-refractivity contribution is 5.14. The first-order valence-electron chi connectivity index (χ1n) is 6.41. The van der Waals surface area contributed by atoms with Gasteiger partial charge in [0.1, 0.15) is 5.76 Å². The van der Waals surface area contributed by atoms with Gasteiger partial charge < -0.3 is 9.73 Å². The van der Waals surface area contributed by atoms with E-state index in [9.17, 15) is 0 Å². The van der Waals surface area contributed by atoms with Crippen molar-refractivity contribution in [1.29, 1.82) is 0 Å². The van der Waals surface area contributed by atoms with Crippen molar-refractivity contribution >= 4 is 0 Å². The molecule has 1 saturated carbocycles. The molecule has 2 heteroatoms. The molecule has 16 heavy (non-hydrogen) atoms. The first kappa shape index (κ1) is 11.7. The molecule has 2 unspecified atom stereocenters. The molecule has 1 heterocycles. The van der Waals surface area contributed by atoms with Gasteiger partial charge in [-0.2, -0.15) is 0 Å². The van der Waals surface area contributed by atoms with Gasteiger partial charge in [0.05, 0.1) is 12.8 Å². The highest BCUT2D eigenvalue weighted by Crippen LogP contribution is 2.28.